The lowest BCUT2D eigenvalue weighted by Crippen LogP contribution is -2.40. The fourth-order valence-electron chi connectivity index (χ4n) is 2.91. The number of aromatic nitrogens is 1. The molecule has 124 valence electrons. The van der Waals surface area contributed by atoms with Crippen molar-refractivity contribution >= 4 is 23.1 Å². The van der Waals surface area contributed by atoms with Crippen LogP contribution >= 0.6 is 11.3 Å². The van der Waals surface area contributed by atoms with Crippen molar-refractivity contribution in [2.75, 3.05) is 18.0 Å². The number of nitriles is 1. The zero-order chi connectivity index (χ0) is 16.9. The fraction of sp³-hybridized carbons (Fsp3) is 0.389. The lowest BCUT2D eigenvalue weighted by atomic mass is 9.96. The third-order valence-electron chi connectivity index (χ3n) is 4.46. The Morgan fingerprint density at radius 3 is 2.79 bits per heavy atom. The highest BCUT2D eigenvalue weighted by Crippen LogP contribution is 2.22. The topological polar surface area (TPSA) is 69.0 Å². The van der Waals surface area contributed by atoms with Gasteiger partial charge in [-0.15, -0.1) is 11.3 Å². The molecule has 2 aromatic heterocycles. The molecule has 5 nitrogen and oxygen atoms in total. The number of aryl methyl sites for hydroxylation is 1. The minimum atomic E-state index is 0.0694. The zero-order valence-electron chi connectivity index (χ0n) is 13.7. The van der Waals surface area contributed by atoms with Gasteiger partial charge in [0.15, 0.2) is 0 Å². The summed E-state index contributed by atoms with van der Waals surface area (Å²) >= 11 is 1.68. The standard InChI is InChI=1S/C18H20N4OS/c1-13-6-9-24-16(13)12-21-18(23)15-4-7-22(8-5-15)17-3-2-14(10-19)11-20-17/h2-3,6,9,11,15H,4-5,7-8,12H2,1H3,(H,21,23). The summed E-state index contributed by atoms with van der Waals surface area (Å²) in [5.41, 5.74) is 1.80. The van der Waals surface area contributed by atoms with Crippen LogP contribution in [0.2, 0.25) is 0 Å². The van der Waals surface area contributed by atoms with Gasteiger partial charge in [-0.1, -0.05) is 0 Å². The van der Waals surface area contributed by atoms with E-state index >= 15 is 0 Å². The maximum absolute atomic E-state index is 12.4. The van der Waals surface area contributed by atoms with Gasteiger partial charge < -0.3 is 10.2 Å². The van der Waals surface area contributed by atoms with Crippen molar-refractivity contribution in [1.29, 1.82) is 5.26 Å². The molecule has 6 heteroatoms. The van der Waals surface area contributed by atoms with Gasteiger partial charge in [0.05, 0.1) is 12.1 Å². The largest absolute Gasteiger partial charge is 0.357 e. The molecule has 0 unspecified atom stereocenters. The molecule has 0 atom stereocenters. The van der Waals surface area contributed by atoms with Crippen molar-refractivity contribution in [2.45, 2.75) is 26.3 Å². The Morgan fingerprint density at radius 1 is 1.42 bits per heavy atom. The second-order valence-electron chi connectivity index (χ2n) is 6.02. The molecule has 3 rings (SSSR count). The van der Waals surface area contributed by atoms with E-state index in [1.54, 1.807) is 23.6 Å². The summed E-state index contributed by atoms with van der Waals surface area (Å²) in [7, 11) is 0. The van der Waals surface area contributed by atoms with Crippen LogP contribution in [0.15, 0.2) is 29.8 Å². The van der Waals surface area contributed by atoms with E-state index < -0.39 is 0 Å². The smallest absolute Gasteiger partial charge is 0.223 e. The SMILES string of the molecule is Cc1ccsc1CNC(=O)C1CCN(c2ccc(C#N)cn2)CC1. The summed E-state index contributed by atoms with van der Waals surface area (Å²) in [6, 6.07) is 7.81. The minimum absolute atomic E-state index is 0.0694. The number of nitrogens with one attached hydrogen (secondary N) is 1. The Kier molecular flexibility index (Phi) is 5.11. The summed E-state index contributed by atoms with van der Waals surface area (Å²) in [5, 5.41) is 13.9. The van der Waals surface area contributed by atoms with E-state index in [9.17, 15) is 4.79 Å². The van der Waals surface area contributed by atoms with Gasteiger partial charge in [-0.3, -0.25) is 4.79 Å². The normalized spacial score (nSPS) is 15.1. The van der Waals surface area contributed by atoms with Crippen LogP contribution in [0.3, 0.4) is 0 Å². The van der Waals surface area contributed by atoms with Crippen LogP contribution in [0.1, 0.15) is 28.8 Å². The first-order valence-corrected chi connectivity index (χ1v) is 8.97. The zero-order valence-corrected chi connectivity index (χ0v) is 14.5. The summed E-state index contributed by atoms with van der Waals surface area (Å²) in [6.45, 7) is 4.32. The minimum Gasteiger partial charge on any atom is -0.357 e. The molecule has 1 aliphatic heterocycles. The third-order valence-corrected chi connectivity index (χ3v) is 5.48. The number of rotatable bonds is 4. The summed E-state index contributed by atoms with van der Waals surface area (Å²) in [4.78, 5) is 20.1. The van der Waals surface area contributed by atoms with Crippen LogP contribution in [-0.2, 0) is 11.3 Å². The molecule has 0 bridgehead atoms. The van der Waals surface area contributed by atoms with E-state index in [-0.39, 0.29) is 11.8 Å². The van der Waals surface area contributed by atoms with E-state index in [2.05, 4.69) is 39.6 Å². The van der Waals surface area contributed by atoms with Gasteiger partial charge in [0.2, 0.25) is 5.91 Å². The molecule has 0 saturated carbocycles. The Morgan fingerprint density at radius 2 is 2.21 bits per heavy atom. The van der Waals surface area contributed by atoms with Crippen LogP contribution in [-0.4, -0.2) is 24.0 Å². The molecular weight excluding hydrogens is 320 g/mol. The first kappa shape index (κ1) is 16.5. The number of thiophene rings is 1. The molecule has 1 N–H and O–H groups in total. The van der Waals surface area contributed by atoms with Crippen molar-refractivity contribution in [3.05, 3.63) is 45.8 Å². The molecule has 0 aliphatic carbocycles. The molecule has 1 saturated heterocycles. The first-order valence-electron chi connectivity index (χ1n) is 8.09. The molecule has 24 heavy (non-hydrogen) atoms. The van der Waals surface area contributed by atoms with E-state index in [0.29, 0.717) is 12.1 Å². The molecule has 1 amide bonds. The molecule has 1 aliphatic rings. The number of pyridine rings is 1. The van der Waals surface area contributed by atoms with Crippen LogP contribution in [0, 0.1) is 24.2 Å². The Balaban J connectivity index is 1.50. The highest BCUT2D eigenvalue weighted by atomic mass is 32.1. The Labute approximate surface area is 145 Å². The van der Waals surface area contributed by atoms with Gasteiger partial charge >= 0.3 is 0 Å². The first-order chi connectivity index (χ1) is 11.7. The summed E-state index contributed by atoms with van der Waals surface area (Å²) < 4.78 is 0. The van der Waals surface area contributed by atoms with E-state index in [0.717, 1.165) is 31.7 Å². The molecule has 2 aromatic rings. The summed E-state index contributed by atoms with van der Waals surface area (Å²) in [5.74, 6) is 1.09. The number of carbonyl (C=O) groups excluding carboxylic acids is 1. The van der Waals surface area contributed by atoms with Gasteiger partial charge in [0.25, 0.3) is 0 Å². The lowest BCUT2D eigenvalue weighted by Gasteiger charge is -2.32. The fourth-order valence-corrected chi connectivity index (χ4v) is 3.75. The van der Waals surface area contributed by atoms with Crippen LogP contribution in [0.4, 0.5) is 5.82 Å². The summed E-state index contributed by atoms with van der Waals surface area (Å²) in [6.07, 6.45) is 3.26. The average molecular weight is 340 g/mol. The van der Waals surface area contributed by atoms with Crippen molar-refractivity contribution in [1.82, 2.24) is 10.3 Å². The number of hydrogen-bond acceptors (Lipinski definition) is 5. The second kappa shape index (κ2) is 7.45. The van der Waals surface area contributed by atoms with Crippen molar-refractivity contribution < 1.29 is 4.79 Å². The number of carbonyl (C=O) groups is 1. The molecule has 3 heterocycles. The Hall–Kier alpha value is -2.39. The monoisotopic (exact) mass is 340 g/mol. The van der Waals surface area contributed by atoms with Gasteiger partial charge in [-0.25, -0.2) is 4.98 Å². The predicted octanol–water partition coefficient (Wildman–Crippen LogP) is 2.86. The van der Waals surface area contributed by atoms with Crippen molar-refractivity contribution in [3.8, 4) is 6.07 Å². The predicted molar refractivity (Wildman–Crippen MR) is 94.8 cm³/mol. The second-order valence-corrected chi connectivity index (χ2v) is 7.02. The van der Waals surface area contributed by atoms with Gasteiger partial charge in [0.1, 0.15) is 11.9 Å². The number of amides is 1. The number of hydrogen-bond donors (Lipinski definition) is 1. The highest BCUT2D eigenvalue weighted by molar-refractivity contribution is 7.10. The maximum atomic E-state index is 12.4. The van der Waals surface area contributed by atoms with E-state index in [1.165, 1.54) is 10.4 Å². The molecule has 1 fully saturated rings. The van der Waals surface area contributed by atoms with E-state index in [1.807, 2.05) is 6.07 Å². The molecular formula is C18H20N4OS. The number of anilines is 1. The molecule has 0 aromatic carbocycles. The molecule has 0 radical (unpaired) electrons. The van der Waals surface area contributed by atoms with Crippen LogP contribution in [0.25, 0.3) is 0 Å². The average Bonchev–Trinajstić information content (AvgIpc) is 3.05. The molecule has 0 spiro atoms. The van der Waals surface area contributed by atoms with Crippen LogP contribution in [0.5, 0.6) is 0 Å². The van der Waals surface area contributed by atoms with Crippen molar-refractivity contribution in [2.24, 2.45) is 5.92 Å². The number of piperidine rings is 1. The van der Waals surface area contributed by atoms with Crippen LogP contribution < -0.4 is 10.2 Å². The third kappa shape index (κ3) is 3.74. The van der Waals surface area contributed by atoms with Gasteiger partial charge in [-0.2, -0.15) is 5.26 Å². The lowest BCUT2D eigenvalue weighted by molar-refractivity contribution is -0.125. The Bertz CT molecular complexity index is 739. The highest BCUT2D eigenvalue weighted by Gasteiger charge is 2.25. The maximum Gasteiger partial charge on any atom is 0.223 e. The van der Waals surface area contributed by atoms with Gasteiger partial charge in [-0.05, 0) is 48.9 Å². The van der Waals surface area contributed by atoms with E-state index in [4.69, 9.17) is 5.26 Å². The number of nitrogens with zero attached hydrogens (tertiary/aromatic N) is 3. The van der Waals surface area contributed by atoms with Crippen molar-refractivity contribution in [3.63, 3.8) is 0 Å². The quantitative estimate of drug-likeness (QED) is 0.929. The van der Waals surface area contributed by atoms with Gasteiger partial charge in [0, 0.05) is 30.1 Å².